The third-order valence-electron chi connectivity index (χ3n) is 3.37. The standard InChI is InChI=1S/C13H16N2O4S2/c1-18-8-3-6-10(4-9(8)19-2)21-12(14-6)11-15-7(5-20-11)13(16)17/h3-4,6-7,10,13,16-17H,5H2,1-2H3. The molecule has 0 fully saturated rings. The summed E-state index contributed by atoms with van der Waals surface area (Å²) in [6.07, 6.45) is 2.54. The molecule has 2 N–H and O–H groups in total. The van der Waals surface area contributed by atoms with Gasteiger partial charge in [-0.15, -0.1) is 11.8 Å². The Bertz CT molecular complexity index is 556. The Hall–Kier alpha value is -0.960. The number of rotatable bonds is 4. The van der Waals surface area contributed by atoms with Crippen molar-refractivity contribution in [3.63, 3.8) is 0 Å². The van der Waals surface area contributed by atoms with Gasteiger partial charge in [-0.3, -0.25) is 9.98 Å². The van der Waals surface area contributed by atoms with Crippen LogP contribution in [0, 0.1) is 0 Å². The Morgan fingerprint density at radius 1 is 1.14 bits per heavy atom. The van der Waals surface area contributed by atoms with Crippen LogP contribution in [0.2, 0.25) is 0 Å². The quantitative estimate of drug-likeness (QED) is 0.742. The lowest BCUT2D eigenvalue weighted by atomic mass is 10.1. The Morgan fingerprint density at radius 2 is 1.86 bits per heavy atom. The van der Waals surface area contributed by atoms with Crippen LogP contribution < -0.4 is 0 Å². The van der Waals surface area contributed by atoms with E-state index in [1.165, 1.54) is 11.8 Å². The van der Waals surface area contributed by atoms with Crippen LogP contribution >= 0.6 is 23.5 Å². The lowest BCUT2D eigenvalue weighted by Crippen LogP contribution is -2.23. The van der Waals surface area contributed by atoms with E-state index >= 15 is 0 Å². The average molecular weight is 328 g/mol. The summed E-state index contributed by atoms with van der Waals surface area (Å²) in [5.41, 5.74) is 0. The van der Waals surface area contributed by atoms with Gasteiger partial charge in [0.2, 0.25) is 0 Å². The minimum absolute atomic E-state index is 0.000231. The topological polar surface area (TPSA) is 83.6 Å². The molecule has 1 aliphatic carbocycles. The van der Waals surface area contributed by atoms with Crippen molar-refractivity contribution in [3.8, 4) is 0 Å². The molecule has 0 radical (unpaired) electrons. The van der Waals surface area contributed by atoms with Gasteiger partial charge in [-0.05, 0) is 12.2 Å². The van der Waals surface area contributed by atoms with Gasteiger partial charge < -0.3 is 19.7 Å². The zero-order valence-corrected chi connectivity index (χ0v) is 13.2. The molecule has 0 saturated carbocycles. The zero-order chi connectivity index (χ0) is 15.0. The third kappa shape index (κ3) is 2.85. The monoisotopic (exact) mass is 328 g/mol. The minimum Gasteiger partial charge on any atom is -0.493 e. The van der Waals surface area contributed by atoms with Crippen molar-refractivity contribution in [1.29, 1.82) is 0 Å². The number of ether oxygens (including phenoxy) is 2. The molecule has 0 bridgehead atoms. The van der Waals surface area contributed by atoms with E-state index in [0.29, 0.717) is 17.3 Å². The second kappa shape index (κ2) is 6.04. The van der Waals surface area contributed by atoms with Crippen molar-refractivity contribution >= 4 is 33.6 Å². The Kier molecular flexibility index (Phi) is 4.30. The summed E-state index contributed by atoms with van der Waals surface area (Å²) in [5.74, 6) is 1.97. The van der Waals surface area contributed by atoms with Crippen LogP contribution in [0.25, 0.3) is 0 Å². The Labute approximate surface area is 131 Å². The fourth-order valence-corrected chi connectivity index (χ4v) is 4.62. The molecule has 3 unspecified atom stereocenters. The molecule has 0 aromatic rings. The van der Waals surface area contributed by atoms with Crippen LogP contribution in [-0.2, 0) is 9.47 Å². The fourth-order valence-electron chi connectivity index (χ4n) is 2.27. The highest BCUT2D eigenvalue weighted by atomic mass is 32.2. The molecule has 0 aromatic carbocycles. The molecule has 0 saturated heterocycles. The van der Waals surface area contributed by atoms with Crippen molar-refractivity contribution in [2.24, 2.45) is 9.98 Å². The highest BCUT2D eigenvalue weighted by Gasteiger charge is 2.36. The predicted octanol–water partition coefficient (Wildman–Crippen LogP) is 0.768. The molecular weight excluding hydrogens is 312 g/mol. The highest BCUT2D eigenvalue weighted by molar-refractivity contribution is 8.25. The smallest absolute Gasteiger partial charge is 0.175 e. The number of fused-ring (bicyclic) bond motifs is 1. The molecule has 3 aliphatic rings. The molecular formula is C13H16N2O4S2. The van der Waals surface area contributed by atoms with E-state index in [2.05, 4.69) is 9.98 Å². The first-order valence-electron chi connectivity index (χ1n) is 6.46. The number of hydrogen-bond acceptors (Lipinski definition) is 8. The number of aliphatic imine (C=N–C) groups is 2. The van der Waals surface area contributed by atoms with Gasteiger partial charge in [0.1, 0.15) is 16.1 Å². The lowest BCUT2D eigenvalue weighted by molar-refractivity contribution is -0.0515. The van der Waals surface area contributed by atoms with Crippen LogP contribution in [-0.4, -0.2) is 63.9 Å². The highest BCUT2D eigenvalue weighted by Crippen LogP contribution is 2.38. The first-order valence-corrected chi connectivity index (χ1v) is 8.32. The van der Waals surface area contributed by atoms with Crippen molar-refractivity contribution in [2.45, 2.75) is 23.6 Å². The van der Waals surface area contributed by atoms with Gasteiger partial charge in [0.05, 0.1) is 25.5 Å². The largest absolute Gasteiger partial charge is 0.493 e. The third-order valence-corrected chi connectivity index (χ3v) is 5.79. The van der Waals surface area contributed by atoms with E-state index in [-0.39, 0.29) is 11.3 Å². The van der Waals surface area contributed by atoms with Gasteiger partial charge in [-0.25, -0.2) is 0 Å². The Balaban J connectivity index is 1.79. The summed E-state index contributed by atoms with van der Waals surface area (Å²) in [6, 6.07) is -0.466. The van der Waals surface area contributed by atoms with Crippen LogP contribution in [0.1, 0.15) is 0 Å². The maximum atomic E-state index is 9.19. The van der Waals surface area contributed by atoms with E-state index < -0.39 is 12.3 Å². The molecule has 0 aromatic heterocycles. The average Bonchev–Trinajstić information content (AvgIpc) is 3.11. The lowest BCUT2D eigenvalue weighted by Gasteiger charge is -2.20. The van der Waals surface area contributed by atoms with Gasteiger partial charge in [-0.2, -0.15) is 0 Å². The molecule has 114 valence electrons. The normalized spacial score (nSPS) is 31.4. The van der Waals surface area contributed by atoms with Crippen molar-refractivity contribution in [2.75, 3.05) is 20.0 Å². The van der Waals surface area contributed by atoms with Gasteiger partial charge in [0.25, 0.3) is 0 Å². The molecule has 0 amide bonds. The van der Waals surface area contributed by atoms with Crippen molar-refractivity contribution < 1.29 is 19.7 Å². The van der Waals surface area contributed by atoms with Crippen LogP contribution in [0.15, 0.2) is 33.7 Å². The maximum Gasteiger partial charge on any atom is 0.175 e. The second-order valence-electron chi connectivity index (χ2n) is 4.70. The van der Waals surface area contributed by atoms with E-state index in [9.17, 15) is 10.2 Å². The summed E-state index contributed by atoms with van der Waals surface area (Å²) in [4.78, 5) is 8.99. The molecule has 21 heavy (non-hydrogen) atoms. The first kappa shape index (κ1) is 15.0. The fraction of sp³-hybridized carbons (Fsp3) is 0.538. The molecule has 0 spiro atoms. The number of methoxy groups -OCH3 is 2. The molecule has 2 heterocycles. The van der Waals surface area contributed by atoms with E-state index in [1.807, 2.05) is 12.2 Å². The van der Waals surface area contributed by atoms with E-state index in [1.54, 1.807) is 26.0 Å². The SMILES string of the molecule is COC1=CC2N=C(C3=NC(C(O)O)CS3)SC2C=C1OC. The summed E-state index contributed by atoms with van der Waals surface area (Å²) < 4.78 is 10.6. The number of nitrogens with zero attached hydrogens (tertiary/aromatic N) is 2. The first-order chi connectivity index (χ1) is 10.1. The van der Waals surface area contributed by atoms with Gasteiger partial charge in [0.15, 0.2) is 17.8 Å². The van der Waals surface area contributed by atoms with Crippen molar-refractivity contribution in [1.82, 2.24) is 0 Å². The summed E-state index contributed by atoms with van der Waals surface area (Å²) in [7, 11) is 3.22. The van der Waals surface area contributed by atoms with Gasteiger partial charge in [0, 0.05) is 5.75 Å². The second-order valence-corrected chi connectivity index (χ2v) is 6.88. The minimum atomic E-state index is -1.41. The molecule has 3 atom stereocenters. The summed E-state index contributed by atoms with van der Waals surface area (Å²) >= 11 is 3.12. The predicted molar refractivity (Wildman–Crippen MR) is 84.7 cm³/mol. The van der Waals surface area contributed by atoms with E-state index in [0.717, 1.165) is 10.1 Å². The molecule has 6 nitrogen and oxygen atoms in total. The van der Waals surface area contributed by atoms with Crippen LogP contribution in [0.4, 0.5) is 0 Å². The van der Waals surface area contributed by atoms with Crippen LogP contribution in [0.5, 0.6) is 0 Å². The van der Waals surface area contributed by atoms with E-state index in [4.69, 9.17) is 9.47 Å². The van der Waals surface area contributed by atoms with Gasteiger partial charge >= 0.3 is 0 Å². The Morgan fingerprint density at radius 3 is 2.48 bits per heavy atom. The number of hydrogen-bond donors (Lipinski definition) is 2. The number of aliphatic hydroxyl groups excluding tert-OH is 1. The van der Waals surface area contributed by atoms with Gasteiger partial charge in [-0.1, -0.05) is 11.8 Å². The zero-order valence-electron chi connectivity index (χ0n) is 11.6. The molecule has 3 rings (SSSR count). The maximum absolute atomic E-state index is 9.19. The summed E-state index contributed by atoms with van der Waals surface area (Å²) in [5, 5.41) is 20.2. The number of aliphatic hydroxyl groups is 2. The number of thioether (sulfide) groups is 2. The molecule has 8 heteroatoms. The molecule has 2 aliphatic heterocycles. The van der Waals surface area contributed by atoms with Crippen LogP contribution in [0.3, 0.4) is 0 Å². The van der Waals surface area contributed by atoms with Crippen molar-refractivity contribution in [3.05, 3.63) is 23.7 Å². The summed E-state index contributed by atoms with van der Waals surface area (Å²) in [6.45, 7) is 0.